The summed E-state index contributed by atoms with van der Waals surface area (Å²) in [6.07, 6.45) is 0.661. The largest absolute Gasteiger partial charge is 0.391 e. The van der Waals surface area contributed by atoms with Crippen LogP contribution in [-0.4, -0.2) is 184 Å². The Morgan fingerprint density at radius 1 is 0.778 bits per heavy atom. The van der Waals surface area contributed by atoms with E-state index in [1.807, 2.05) is 32.0 Å². The monoisotopic (exact) mass is 885 g/mol. The maximum atomic E-state index is 14.9. The molecule has 2 heterocycles. The number of benzene rings is 1. The first-order valence-corrected chi connectivity index (χ1v) is 21.9. The van der Waals surface area contributed by atoms with E-state index < -0.39 is 108 Å². The first-order valence-electron chi connectivity index (χ1n) is 21.9. The second-order valence-corrected chi connectivity index (χ2v) is 18.4. The SMILES string of the molecule is CC(C)CC1C(=O)N[C@H](C(=O)N2CCCCC2)CC(=O)N(C)CC(=O)N[C@@H]([C@@H](C)O)C(=O)N(C)[C@@H](C)C(=O)N(COC(C)(C)C)C(C)C(=O)N(C)[C@@H](Cc2ccccc2)C(=O)N1C. The van der Waals surface area contributed by atoms with Crippen LogP contribution in [0.25, 0.3) is 0 Å². The number of amides is 8. The summed E-state index contributed by atoms with van der Waals surface area (Å²) >= 11 is 0. The average Bonchev–Trinajstić information content (AvgIpc) is 3.23. The molecule has 18 nitrogen and oxygen atoms in total. The fourth-order valence-electron chi connectivity index (χ4n) is 7.57. The number of likely N-dealkylation sites (N-methyl/N-ethyl adjacent to an activating group) is 4. The zero-order valence-electron chi connectivity index (χ0n) is 39.4. The lowest BCUT2D eigenvalue weighted by molar-refractivity contribution is -0.163. The van der Waals surface area contributed by atoms with Crippen LogP contribution in [-0.2, 0) is 49.5 Å². The summed E-state index contributed by atoms with van der Waals surface area (Å²) in [5.41, 5.74) is -0.0512. The Balaban J connectivity index is 2.23. The molecule has 0 radical (unpaired) electrons. The maximum Gasteiger partial charge on any atom is 0.248 e. The molecule has 2 fully saturated rings. The normalized spacial score (nSPS) is 25.8. The molecule has 18 heteroatoms. The number of carbonyl (C=O) groups is 8. The van der Waals surface area contributed by atoms with Crippen molar-refractivity contribution in [2.45, 2.75) is 142 Å². The van der Waals surface area contributed by atoms with Crippen LogP contribution in [0, 0.1) is 5.92 Å². The van der Waals surface area contributed by atoms with Crippen molar-refractivity contribution in [2.24, 2.45) is 5.92 Å². The molecule has 8 amide bonds. The van der Waals surface area contributed by atoms with Gasteiger partial charge in [-0.15, -0.1) is 0 Å². The van der Waals surface area contributed by atoms with Crippen molar-refractivity contribution < 1.29 is 48.2 Å². The smallest absolute Gasteiger partial charge is 0.248 e. The number of carbonyl (C=O) groups excluding carboxylic acids is 8. The number of nitrogens with one attached hydrogen (secondary N) is 2. The second-order valence-electron chi connectivity index (χ2n) is 18.4. The maximum absolute atomic E-state index is 14.9. The summed E-state index contributed by atoms with van der Waals surface area (Å²) in [4.78, 5) is 121. The Kier molecular flexibility index (Phi) is 19.1. The van der Waals surface area contributed by atoms with Crippen LogP contribution in [0.4, 0.5) is 0 Å². The van der Waals surface area contributed by atoms with E-state index in [-0.39, 0.29) is 25.5 Å². The van der Waals surface area contributed by atoms with E-state index in [0.717, 1.165) is 34.6 Å². The van der Waals surface area contributed by atoms with Gasteiger partial charge in [0.05, 0.1) is 24.7 Å². The molecule has 1 aromatic rings. The Morgan fingerprint density at radius 2 is 1.37 bits per heavy atom. The van der Waals surface area contributed by atoms with Crippen molar-refractivity contribution in [1.82, 2.24) is 40.0 Å². The molecular weight excluding hydrogens is 813 g/mol. The summed E-state index contributed by atoms with van der Waals surface area (Å²) < 4.78 is 6.02. The van der Waals surface area contributed by atoms with Crippen LogP contribution in [0.3, 0.4) is 0 Å². The van der Waals surface area contributed by atoms with Gasteiger partial charge < -0.3 is 49.9 Å². The van der Waals surface area contributed by atoms with E-state index in [9.17, 15) is 43.5 Å². The van der Waals surface area contributed by atoms with Gasteiger partial charge in [0.25, 0.3) is 0 Å². The summed E-state index contributed by atoms with van der Waals surface area (Å²) in [5, 5.41) is 16.0. The highest BCUT2D eigenvalue weighted by atomic mass is 16.5. The van der Waals surface area contributed by atoms with Crippen molar-refractivity contribution >= 4 is 47.3 Å². The molecule has 0 saturated carbocycles. The molecule has 3 N–H and O–H groups in total. The molecule has 0 aromatic heterocycles. The Bertz CT molecular complexity index is 1780. The van der Waals surface area contributed by atoms with E-state index in [1.54, 1.807) is 37.8 Å². The third-order valence-electron chi connectivity index (χ3n) is 11.7. The lowest BCUT2D eigenvalue weighted by atomic mass is 9.98. The minimum atomic E-state index is -1.55. The second kappa shape index (κ2) is 23.0. The molecule has 2 saturated heterocycles. The number of ether oxygens (including phenoxy) is 1. The predicted molar refractivity (Wildman–Crippen MR) is 235 cm³/mol. The number of aliphatic hydroxyl groups is 1. The molecule has 352 valence electrons. The molecule has 0 spiro atoms. The zero-order chi connectivity index (χ0) is 47.5. The molecule has 3 rings (SSSR count). The summed E-state index contributed by atoms with van der Waals surface area (Å²) in [6.45, 7) is 13.2. The number of nitrogens with zero attached hydrogens (tertiary/aromatic N) is 6. The van der Waals surface area contributed by atoms with Gasteiger partial charge in [0.1, 0.15) is 43.0 Å². The minimum Gasteiger partial charge on any atom is -0.391 e. The number of hydrogen-bond acceptors (Lipinski definition) is 10. The highest BCUT2D eigenvalue weighted by molar-refractivity contribution is 5.98. The Hall–Kier alpha value is -5.10. The molecule has 7 atom stereocenters. The quantitative estimate of drug-likeness (QED) is 0.337. The minimum absolute atomic E-state index is 0.0401. The lowest BCUT2D eigenvalue weighted by Crippen LogP contribution is -2.62. The van der Waals surface area contributed by atoms with E-state index in [0.29, 0.717) is 13.1 Å². The van der Waals surface area contributed by atoms with Gasteiger partial charge in [-0.25, -0.2) is 0 Å². The van der Waals surface area contributed by atoms with Crippen molar-refractivity contribution in [1.29, 1.82) is 0 Å². The highest BCUT2D eigenvalue weighted by Gasteiger charge is 2.42. The molecule has 1 aromatic carbocycles. The van der Waals surface area contributed by atoms with Crippen molar-refractivity contribution in [2.75, 3.05) is 54.6 Å². The number of piperidine rings is 1. The van der Waals surface area contributed by atoms with Gasteiger partial charge in [0.2, 0.25) is 47.3 Å². The number of hydrogen-bond donors (Lipinski definition) is 3. The van der Waals surface area contributed by atoms with Crippen LogP contribution in [0.1, 0.15) is 93.1 Å². The first kappa shape index (κ1) is 52.2. The number of likely N-dealkylation sites (tertiary alicyclic amines) is 1. The molecule has 63 heavy (non-hydrogen) atoms. The fraction of sp³-hybridized carbons (Fsp3) is 0.689. The number of aliphatic hydroxyl groups excluding tert-OH is 1. The van der Waals surface area contributed by atoms with Crippen molar-refractivity contribution in [3.63, 3.8) is 0 Å². The zero-order valence-corrected chi connectivity index (χ0v) is 39.4. The predicted octanol–water partition coefficient (Wildman–Crippen LogP) is 0.991. The van der Waals surface area contributed by atoms with Crippen LogP contribution in [0.5, 0.6) is 0 Å². The van der Waals surface area contributed by atoms with Crippen molar-refractivity contribution in [3.05, 3.63) is 35.9 Å². The van der Waals surface area contributed by atoms with E-state index in [4.69, 9.17) is 4.74 Å². The van der Waals surface area contributed by atoms with E-state index in [1.165, 1.54) is 63.7 Å². The third kappa shape index (κ3) is 14.5. The topological polar surface area (TPSA) is 210 Å². The van der Waals surface area contributed by atoms with Gasteiger partial charge in [-0.1, -0.05) is 44.2 Å². The molecule has 0 bridgehead atoms. The average molecular weight is 885 g/mol. The van der Waals surface area contributed by atoms with Gasteiger partial charge in [0, 0.05) is 47.7 Å². The standard InChI is InChI=1S/C45H72N8O10/c1-28(2)23-34-39(57)46-33(42(60)52-21-17-14-18-22-52)25-37(56)48(9)26-36(55)47-38(31(5)54)44(62)49(10)29(3)41(59)53(27-63-45(6,7)8)30(4)40(58)51(12)35(43(61)50(34)11)24-32-19-15-13-16-20-32/h13,15-16,19-20,28-31,33-35,38,54H,14,17-18,21-27H2,1-12H3,(H,46,57)(H,47,55)/t29-,30?,31+,33-,34?,35-,38-/m0/s1. The first-order chi connectivity index (χ1) is 29.4. The number of rotatable bonds is 8. The van der Waals surface area contributed by atoms with Gasteiger partial charge in [-0.05, 0) is 78.7 Å². The molecule has 2 aliphatic heterocycles. The van der Waals surface area contributed by atoms with E-state index in [2.05, 4.69) is 10.6 Å². The van der Waals surface area contributed by atoms with Gasteiger partial charge in [-0.2, -0.15) is 0 Å². The molecule has 2 unspecified atom stereocenters. The summed E-state index contributed by atoms with van der Waals surface area (Å²) in [5.74, 6) is -5.51. The van der Waals surface area contributed by atoms with Crippen LogP contribution in [0.15, 0.2) is 30.3 Å². The van der Waals surface area contributed by atoms with Crippen molar-refractivity contribution in [3.8, 4) is 0 Å². The Morgan fingerprint density at radius 3 is 1.92 bits per heavy atom. The summed E-state index contributed by atoms with van der Waals surface area (Å²) in [6, 6.07) is 1.31. The highest BCUT2D eigenvalue weighted by Crippen LogP contribution is 2.21. The molecule has 0 aliphatic carbocycles. The lowest BCUT2D eigenvalue weighted by Gasteiger charge is -2.40. The van der Waals surface area contributed by atoms with Crippen LogP contribution >= 0.6 is 0 Å². The summed E-state index contributed by atoms with van der Waals surface area (Å²) in [7, 11) is 5.58. The Labute approximate surface area is 373 Å². The van der Waals surface area contributed by atoms with Crippen LogP contribution < -0.4 is 10.6 Å². The van der Waals surface area contributed by atoms with E-state index >= 15 is 0 Å². The van der Waals surface area contributed by atoms with Gasteiger partial charge in [0.15, 0.2) is 0 Å². The third-order valence-corrected chi connectivity index (χ3v) is 11.7. The fourth-order valence-corrected chi connectivity index (χ4v) is 7.57. The van der Waals surface area contributed by atoms with Gasteiger partial charge >= 0.3 is 0 Å². The van der Waals surface area contributed by atoms with Crippen LogP contribution in [0.2, 0.25) is 0 Å². The molecule has 2 aliphatic rings. The molecular formula is C45H72N8O10. The van der Waals surface area contributed by atoms with Gasteiger partial charge in [-0.3, -0.25) is 38.4 Å².